The lowest BCUT2D eigenvalue weighted by Crippen LogP contribution is -2.30. The number of hydrogen-bond acceptors (Lipinski definition) is 4. The van der Waals surface area contributed by atoms with Crippen molar-refractivity contribution in [3.63, 3.8) is 0 Å². The van der Waals surface area contributed by atoms with Gasteiger partial charge in [0, 0.05) is 0 Å². The smallest absolute Gasteiger partial charge is 0.347 e. The molecule has 1 aromatic carbocycles. The maximum absolute atomic E-state index is 11.5. The van der Waals surface area contributed by atoms with Crippen LogP contribution >= 0.6 is 0 Å². The first kappa shape index (κ1) is 16.0. The van der Waals surface area contributed by atoms with Crippen LogP contribution in [0.1, 0.15) is 33.3 Å². The number of rotatable bonds is 5. The highest BCUT2D eigenvalue weighted by atomic mass is 16.6. The van der Waals surface area contributed by atoms with Crippen LogP contribution < -0.4 is 10.5 Å². The summed E-state index contributed by atoms with van der Waals surface area (Å²) >= 11 is 0. The quantitative estimate of drug-likeness (QED) is 0.833. The SMILES string of the molecule is C[C@H](Oc1ccc(C(C)(C)C)cc1)C(=O)OCC(N)=O. The third-order valence-corrected chi connectivity index (χ3v) is 2.72. The number of benzene rings is 1. The average Bonchev–Trinajstić information content (AvgIpc) is 2.35. The molecule has 110 valence electrons. The number of ether oxygens (including phenoxy) is 2. The van der Waals surface area contributed by atoms with Crippen LogP contribution in [0.25, 0.3) is 0 Å². The van der Waals surface area contributed by atoms with E-state index in [9.17, 15) is 9.59 Å². The second kappa shape index (κ2) is 6.41. The zero-order chi connectivity index (χ0) is 15.3. The fourth-order valence-electron chi connectivity index (χ4n) is 1.55. The Morgan fingerprint density at radius 2 is 1.75 bits per heavy atom. The van der Waals surface area contributed by atoms with Crippen LogP contribution in [0, 0.1) is 0 Å². The standard InChI is InChI=1S/C15H21NO4/c1-10(14(18)19-9-13(16)17)20-12-7-5-11(6-8-12)15(2,3)4/h5-8,10H,9H2,1-4H3,(H2,16,17)/t10-/m0/s1. The fourth-order valence-corrected chi connectivity index (χ4v) is 1.55. The third-order valence-electron chi connectivity index (χ3n) is 2.72. The molecule has 1 aromatic rings. The Kier molecular flexibility index (Phi) is 5.13. The molecule has 1 amide bonds. The van der Waals surface area contributed by atoms with Gasteiger partial charge in [-0.3, -0.25) is 4.79 Å². The van der Waals surface area contributed by atoms with E-state index in [1.807, 2.05) is 12.1 Å². The van der Waals surface area contributed by atoms with E-state index in [1.165, 1.54) is 5.56 Å². The first-order valence-electron chi connectivity index (χ1n) is 6.42. The molecular weight excluding hydrogens is 258 g/mol. The molecule has 0 aromatic heterocycles. The van der Waals surface area contributed by atoms with E-state index in [0.717, 1.165) is 0 Å². The molecule has 0 saturated heterocycles. The molecule has 0 unspecified atom stereocenters. The van der Waals surface area contributed by atoms with Gasteiger partial charge in [-0.05, 0) is 30.0 Å². The minimum Gasteiger partial charge on any atom is -0.479 e. The normalized spacial score (nSPS) is 12.6. The maximum atomic E-state index is 11.5. The first-order valence-corrected chi connectivity index (χ1v) is 6.42. The summed E-state index contributed by atoms with van der Waals surface area (Å²) in [6, 6.07) is 7.52. The van der Waals surface area contributed by atoms with Gasteiger partial charge in [-0.2, -0.15) is 0 Å². The molecule has 1 atom stereocenters. The lowest BCUT2D eigenvalue weighted by atomic mass is 9.87. The number of nitrogens with two attached hydrogens (primary N) is 1. The monoisotopic (exact) mass is 279 g/mol. The molecular formula is C15H21NO4. The van der Waals surface area contributed by atoms with Crippen molar-refractivity contribution < 1.29 is 19.1 Å². The zero-order valence-electron chi connectivity index (χ0n) is 12.3. The molecule has 1 rings (SSSR count). The Morgan fingerprint density at radius 1 is 1.20 bits per heavy atom. The topological polar surface area (TPSA) is 78.6 Å². The van der Waals surface area contributed by atoms with Crippen molar-refractivity contribution >= 4 is 11.9 Å². The van der Waals surface area contributed by atoms with Gasteiger partial charge in [0.2, 0.25) is 0 Å². The van der Waals surface area contributed by atoms with Crippen LogP contribution in [0.3, 0.4) is 0 Å². The largest absolute Gasteiger partial charge is 0.479 e. The molecule has 0 saturated carbocycles. The number of carbonyl (C=O) groups excluding carboxylic acids is 2. The van der Waals surface area contributed by atoms with Crippen molar-refractivity contribution in [1.29, 1.82) is 0 Å². The van der Waals surface area contributed by atoms with Crippen LogP contribution in [0.4, 0.5) is 0 Å². The number of carbonyl (C=O) groups is 2. The Balaban J connectivity index is 2.60. The summed E-state index contributed by atoms with van der Waals surface area (Å²) in [6.45, 7) is 7.47. The fraction of sp³-hybridized carbons (Fsp3) is 0.467. The lowest BCUT2D eigenvalue weighted by molar-refractivity contribution is -0.154. The summed E-state index contributed by atoms with van der Waals surface area (Å²) in [6.07, 6.45) is -0.796. The molecule has 0 radical (unpaired) electrons. The molecule has 0 aliphatic rings. The highest BCUT2D eigenvalue weighted by Gasteiger charge is 2.18. The highest BCUT2D eigenvalue weighted by Crippen LogP contribution is 2.24. The van der Waals surface area contributed by atoms with Crippen molar-refractivity contribution in [2.24, 2.45) is 5.73 Å². The molecule has 0 spiro atoms. The van der Waals surface area contributed by atoms with Gasteiger partial charge in [0.15, 0.2) is 12.7 Å². The number of amides is 1. The Bertz CT molecular complexity index is 474. The van der Waals surface area contributed by atoms with Gasteiger partial charge in [-0.15, -0.1) is 0 Å². The van der Waals surface area contributed by atoms with Crippen LogP contribution in [0.5, 0.6) is 5.75 Å². The molecule has 2 N–H and O–H groups in total. The van der Waals surface area contributed by atoms with Gasteiger partial charge in [0.1, 0.15) is 5.75 Å². The van der Waals surface area contributed by atoms with E-state index in [0.29, 0.717) is 5.75 Å². The van der Waals surface area contributed by atoms with Gasteiger partial charge in [0.05, 0.1) is 0 Å². The van der Waals surface area contributed by atoms with E-state index >= 15 is 0 Å². The van der Waals surface area contributed by atoms with Gasteiger partial charge < -0.3 is 15.2 Å². The summed E-state index contributed by atoms with van der Waals surface area (Å²) in [7, 11) is 0. The molecule has 5 nitrogen and oxygen atoms in total. The van der Waals surface area contributed by atoms with Crippen LogP contribution in [-0.2, 0) is 19.7 Å². The van der Waals surface area contributed by atoms with Crippen molar-refractivity contribution in [2.45, 2.75) is 39.2 Å². The van der Waals surface area contributed by atoms with E-state index < -0.39 is 24.6 Å². The van der Waals surface area contributed by atoms with E-state index in [4.69, 9.17) is 10.5 Å². The van der Waals surface area contributed by atoms with Gasteiger partial charge >= 0.3 is 5.97 Å². The third kappa shape index (κ3) is 4.91. The Hall–Kier alpha value is -2.04. The number of hydrogen-bond donors (Lipinski definition) is 1. The first-order chi connectivity index (χ1) is 9.20. The van der Waals surface area contributed by atoms with Gasteiger partial charge in [-0.25, -0.2) is 4.79 Å². The van der Waals surface area contributed by atoms with Crippen molar-refractivity contribution in [3.8, 4) is 5.75 Å². The van der Waals surface area contributed by atoms with Crippen LogP contribution in [0.15, 0.2) is 24.3 Å². The van der Waals surface area contributed by atoms with Crippen molar-refractivity contribution in [2.75, 3.05) is 6.61 Å². The maximum Gasteiger partial charge on any atom is 0.347 e. The molecule has 5 heteroatoms. The van der Waals surface area contributed by atoms with Crippen molar-refractivity contribution in [1.82, 2.24) is 0 Å². The number of esters is 1. The second-order valence-electron chi connectivity index (χ2n) is 5.61. The molecule has 20 heavy (non-hydrogen) atoms. The molecule has 0 fully saturated rings. The summed E-state index contributed by atoms with van der Waals surface area (Å²) < 4.78 is 10.1. The Morgan fingerprint density at radius 3 is 2.20 bits per heavy atom. The average molecular weight is 279 g/mol. The molecule has 0 bridgehead atoms. The molecule has 0 aliphatic heterocycles. The Labute approximate surface area is 119 Å². The van der Waals surface area contributed by atoms with Crippen LogP contribution in [-0.4, -0.2) is 24.6 Å². The summed E-state index contributed by atoms with van der Waals surface area (Å²) in [5.41, 5.74) is 6.13. The highest BCUT2D eigenvalue weighted by molar-refractivity contribution is 5.80. The van der Waals surface area contributed by atoms with E-state index in [-0.39, 0.29) is 5.41 Å². The van der Waals surface area contributed by atoms with Gasteiger partial charge in [0.25, 0.3) is 5.91 Å². The predicted octanol–water partition coefficient (Wildman–Crippen LogP) is 1.78. The second-order valence-corrected chi connectivity index (χ2v) is 5.61. The number of primary amides is 1. The summed E-state index contributed by atoms with van der Waals surface area (Å²) in [5.74, 6) is -0.745. The minimum absolute atomic E-state index is 0.0601. The van der Waals surface area contributed by atoms with E-state index in [1.54, 1.807) is 19.1 Å². The van der Waals surface area contributed by atoms with Crippen LogP contribution in [0.2, 0.25) is 0 Å². The molecule has 0 heterocycles. The predicted molar refractivity (Wildman–Crippen MR) is 75.4 cm³/mol. The summed E-state index contributed by atoms with van der Waals surface area (Å²) in [4.78, 5) is 22.0. The van der Waals surface area contributed by atoms with E-state index in [2.05, 4.69) is 25.5 Å². The van der Waals surface area contributed by atoms with Gasteiger partial charge in [-0.1, -0.05) is 32.9 Å². The summed E-state index contributed by atoms with van der Waals surface area (Å²) in [5, 5.41) is 0. The zero-order valence-corrected chi connectivity index (χ0v) is 12.3. The molecule has 0 aliphatic carbocycles. The minimum atomic E-state index is -0.796. The van der Waals surface area contributed by atoms with Crippen molar-refractivity contribution in [3.05, 3.63) is 29.8 Å². The lowest BCUT2D eigenvalue weighted by Gasteiger charge is -2.20.